The van der Waals surface area contributed by atoms with Crippen LogP contribution in [0.2, 0.25) is 0 Å². The number of hydrogen-bond donors (Lipinski definition) is 1. The maximum absolute atomic E-state index is 11.5. The molecular formula is C16H19N3O2. The molecule has 0 saturated heterocycles. The molecule has 1 heterocycles. The summed E-state index contributed by atoms with van der Waals surface area (Å²) in [5.41, 5.74) is 4.50. The summed E-state index contributed by atoms with van der Waals surface area (Å²) in [6.07, 6.45) is 0. The molecule has 0 fully saturated rings. The molecule has 2 rings (SSSR count). The van der Waals surface area contributed by atoms with E-state index in [0.717, 1.165) is 11.3 Å². The first kappa shape index (κ1) is 15.0. The summed E-state index contributed by atoms with van der Waals surface area (Å²) in [5.74, 6) is -1.13. The Morgan fingerprint density at radius 3 is 2.33 bits per heavy atom. The fourth-order valence-corrected chi connectivity index (χ4v) is 2.10. The number of hydrogen-bond acceptors (Lipinski definition) is 3. The third-order valence-corrected chi connectivity index (χ3v) is 3.39. The van der Waals surface area contributed by atoms with Gasteiger partial charge in [-0.2, -0.15) is 5.10 Å². The van der Waals surface area contributed by atoms with Crippen LogP contribution in [0, 0.1) is 20.8 Å². The van der Waals surface area contributed by atoms with Gasteiger partial charge in [0.25, 0.3) is 5.91 Å². The van der Waals surface area contributed by atoms with Crippen molar-refractivity contribution in [2.75, 3.05) is 5.32 Å². The average molecular weight is 285 g/mol. The molecule has 0 bridgehead atoms. The van der Waals surface area contributed by atoms with Gasteiger partial charge in [-0.3, -0.25) is 14.3 Å². The molecule has 0 saturated carbocycles. The van der Waals surface area contributed by atoms with Crippen molar-refractivity contribution >= 4 is 17.4 Å². The quantitative estimate of drug-likeness (QED) is 0.877. The maximum Gasteiger partial charge on any atom is 0.291 e. The van der Waals surface area contributed by atoms with Crippen molar-refractivity contribution in [3.8, 4) is 0 Å². The van der Waals surface area contributed by atoms with Crippen LogP contribution < -0.4 is 5.32 Å². The molecule has 1 N–H and O–H groups in total. The third-order valence-electron chi connectivity index (χ3n) is 3.39. The van der Waals surface area contributed by atoms with Gasteiger partial charge in [0, 0.05) is 6.92 Å². The van der Waals surface area contributed by atoms with Crippen LogP contribution >= 0.6 is 0 Å². The van der Waals surface area contributed by atoms with E-state index in [-0.39, 0.29) is 0 Å². The Morgan fingerprint density at radius 2 is 1.76 bits per heavy atom. The maximum atomic E-state index is 11.5. The van der Waals surface area contributed by atoms with Crippen LogP contribution in [-0.2, 0) is 16.1 Å². The van der Waals surface area contributed by atoms with Crippen molar-refractivity contribution in [3.63, 3.8) is 0 Å². The van der Waals surface area contributed by atoms with Gasteiger partial charge in [-0.25, -0.2) is 0 Å². The summed E-state index contributed by atoms with van der Waals surface area (Å²) >= 11 is 0. The van der Waals surface area contributed by atoms with Crippen molar-refractivity contribution in [1.82, 2.24) is 9.78 Å². The summed E-state index contributed by atoms with van der Waals surface area (Å²) in [6, 6.07) is 8.22. The van der Waals surface area contributed by atoms with Crippen molar-refractivity contribution in [3.05, 3.63) is 46.8 Å². The minimum Gasteiger partial charge on any atom is -0.316 e. The Morgan fingerprint density at radius 1 is 1.14 bits per heavy atom. The topological polar surface area (TPSA) is 64.0 Å². The van der Waals surface area contributed by atoms with Gasteiger partial charge in [0.1, 0.15) is 0 Å². The first-order chi connectivity index (χ1) is 9.88. The molecule has 1 amide bonds. The Hall–Kier alpha value is -2.43. The van der Waals surface area contributed by atoms with E-state index in [1.165, 1.54) is 12.5 Å². The lowest BCUT2D eigenvalue weighted by atomic mass is 10.1. The smallest absolute Gasteiger partial charge is 0.291 e. The summed E-state index contributed by atoms with van der Waals surface area (Å²) in [5, 5.41) is 7.05. The summed E-state index contributed by atoms with van der Waals surface area (Å²) in [7, 11) is 0. The van der Waals surface area contributed by atoms with Crippen molar-refractivity contribution in [2.45, 2.75) is 34.2 Å². The Kier molecular flexibility index (Phi) is 4.21. The number of nitrogens with one attached hydrogen (secondary N) is 1. The first-order valence-corrected chi connectivity index (χ1v) is 6.80. The van der Waals surface area contributed by atoms with Crippen LogP contribution in [0.5, 0.6) is 0 Å². The van der Waals surface area contributed by atoms with E-state index in [4.69, 9.17) is 0 Å². The molecule has 1 aromatic heterocycles. The van der Waals surface area contributed by atoms with Gasteiger partial charge >= 0.3 is 0 Å². The Bertz CT molecular complexity index is 684. The second-order valence-corrected chi connectivity index (χ2v) is 5.20. The first-order valence-electron chi connectivity index (χ1n) is 6.80. The Labute approximate surface area is 124 Å². The zero-order valence-electron chi connectivity index (χ0n) is 12.7. The predicted molar refractivity (Wildman–Crippen MR) is 81.3 cm³/mol. The molecule has 0 atom stereocenters. The Balaban J connectivity index is 2.24. The highest BCUT2D eigenvalue weighted by Gasteiger charge is 2.16. The van der Waals surface area contributed by atoms with Crippen LogP contribution in [0.3, 0.4) is 0 Å². The molecule has 0 aliphatic carbocycles. The number of rotatable bonds is 4. The lowest BCUT2D eigenvalue weighted by molar-refractivity contribution is -0.133. The highest BCUT2D eigenvalue weighted by molar-refractivity contribution is 6.39. The van der Waals surface area contributed by atoms with E-state index in [1.54, 1.807) is 0 Å². The molecule has 5 heteroatoms. The molecule has 0 aliphatic heterocycles. The van der Waals surface area contributed by atoms with Crippen LogP contribution in [0.15, 0.2) is 24.3 Å². The molecular weight excluding hydrogens is 266 g/mol. The lowest BCUT2D eigenvalue weighted by Crippen LogP contribution is -2.20. The van der Waals surface area contributed by atoms with Gasteiger partial charge in [-0.1, -0.05) is 29.8 Å². The minimum absolute atomic E-state index is 0.514. The molecule has 0 unspecified atom stereocenters. The van der Waals surface area contributed by atoms with E-state index >= 15 is 0 Å². The zero-order chi connectivity index (χ0) is 15.6. The second-order valence-electron chi connectivity index (χ2n) is 5.20. The second kappa shape index (κ2) is 5.91. The van der Waals surface area contributed by atoms with Gasteiger partial charge in [0.2, 0.25) is 5.78 Å². The van der Waals surface area contributed by atoms with Crippen LogP contribution in [-0.4, -0.2) is 21.5 Å². The van der Waals surface area contributed by atoms with Gasteiger partial charge in [-0.15, -0.1) is 0 Å². The number of carbonyl (C=O) groups is 2. The van der Waals surface area contributed by atoms with E-state index < -0.39 is 11.7 Å². The van der Waals surface area contributed by atoms with E-state index in [0.29, 0.717) is 17.9 Å². The number of nitrogens with zero attached hydrogens (tertiary/aromatic N) is 2. The van der Waals surface area contributed by atoms with E-state index in [2.05, 4.69) is 34.7 Å². The number of ketones is 1. The highest BCUT2D eigenvalue weighted by Crippen LogP contribution is 2.20. The summed E-state index contributed by atoms with van der Waals surface area (Å²) in [4.78, 5) is 22.6. The number of anilines is 1. The van der Waals surface area contributed by atoms with Gasteiger partial charge in [0.05, 0.1) is 23.6 Å². The fraction of sp³-hybridized carbons (Fsp3) is 0.312. The molecule has 0 aliphatic rings. The average Bonchev–Trinajstić information content (AvgIpc) is 2.69. The molecule has 2 aromatic rings. The normalized spacial score (nSPS) is 10.5. The minimum atomic E-state index is -0.615. The van der Waals surface area contributed by atoms with E-state index in [9.17, 15) is 9.59 Å². The number of aryl methyl sites for hydroxylation is 2. The third kappa shape index (κ3) is 3.37. The van der Waals surface area contributed by atoms with Gasteiger partial charge in [0.15, 0.2) is 0 Å². The summed E-state index contributed by atoms with van der Waals surface area (Å²) < 4.78 is 1.83. The predicted octanol–water partition coefficient (Wildman–Crippen LogP) is 2.38. The molecule has 110 valence electrons. The molecule has 21 heavy (non-hydrogen) atoms. The fourth-order valence-electron chi connectivity index (χ4n) is 2.10. The number of benzene rings is 1. The largest absolute Gasteiger partial charge is 0.316 e. The number of Topliss-reactive ketones (excluding diaryl/α,β-unsaturated/α-hetero) is 1. The van der Waals surface area contributed by atoms with Gasteiger partial charge in [-0.05, 0) is 26.3 Å². The van der Waals surface area contributed by atoms with Crippen molar-refractivity contribution < 1.29 is 9.59 Å². The van der Waals surface area contributed by atoms with Gasteiger partial charge < -0.3 is 5.32 Å². The van der Waals surface area contributed by atoms with E-state index in [1.807, 2.05) is 25.5 Å². The van der Waals surface area contributed by atoms with Crippen molar-refractivity contribution in [2.24, 2.45) is 0 Å². The van der Waals surface area contributed by atoms with Crippen LogP contribution in [0.4, 0.5) is 5.69 Å². The summed E-state index contributed by atoms with van der Waals surface area (Å²) in [6.45, 7) is 7.61. The molecule has 1 aromatic carbocycles. The number of amides is 1. The van der Waals surface area contributed by atoms with Crippen LogP contribution in [0.1, 0.15) is 29.4 Å². The molecule has 0 spiro atoms. The number of carbonyl (C=O) groups excluding carboxylic acids is 2. The zero-order valence-corrected chi connectivity index (χ0v) is 12.7. The molecule has 0 radical (unpaired) electrons. The number of aromatic nitrogens is 2. The molecule has 5 nitrogen and oxygen atoms in total. The van der Waals surface area contributed by atoms with Crippen molar-refractivity contribution in [1.29, 1.82) is 0 Å². The monoisotopic (exact) mass is 285 g/mol. The SMILES string of the molecule is CC(=O)C(=O)Nc1c(C)nn(Cc2ccc(C)cc2)c1C. The lowest BCUT2D eigenvalue weighted by Gasteiger charge is -2.06. The van der Waals surface area contributed by atoms with Crippen LogP contribution in [0.25, 0.3) is 0 Å². The highest BCUT2D eigenvalue weighted by atomic mass is 16.2. The standard InChI is InChI=1S/C16H19N3O2/c1-10-5-7-14(8-6-10)9-19-12(3)15(11(2)18-19)17-16(21)13(4)20/h5-8H,9H2,1-4H3,(H,17,21).